The van der Waals surface area contributed by atoms with Gasteiger partial charge in [-0.2, -0.15) is 20.4 Å². The smallest absolute Gasteiger partial charge is 0.407 e. The fourth-order valence-corrected chi connectivity index (χ4v) is 17.8. The zero-order valence-corrected chi connectivity index (χ0v) is 61.5. The molecule has 9 N–H and O–H groups in total. The van der Waals surface area contributed by atoms with Crippen LogP contribution < -0.4 is 26.0 Å². The van der Waals surface area contributed by atoms with Crippen molar-refractivity contribution >= 4 is 115 Å². The molecule has 2 saturated carbocycles. The molecule has 2 fully saturated rings. The fraction of sp³-hybridized carbons (Fsp3) is 0.456. The molecule has 4 aromatic carbocycles. The molecule has 8 heterocycles. The van der Waals surface area contributed by atoms with Gasteiger partial charge >= 0.3 is 12.1 Å². The quantitative estimate of drug-likeness (QED) is 0.0582. The van der Waals surface area contributed by atoms with E-state index in [-0.39, 0.29) is 17.9 Å². The number of nitrogens with zero attached hydrogens (tertiary/aromatic N) is 8. The van der Waals surface area contributed by atoms with E-state index in [0.29, 0.717) is 6.04 Å². The number of aromatic amines is 4. The van der Waals surface area contributed by atoms with Crippen LogP contribution in [0.5, 0.6) is 0 Å². The number of aromatic nitrogens is 12. The van der Waals surface area contributed by atoms with E-state index in [9.17, 15) is 22.8 Å². The van der Waals surface area contributed by atoms with Gasteiger partial charge in [0, 0.05) is 55.0 Å². The third kappa shape index (κ3) is 13.6. The second-order valence-corrected chi connectivity index (χ2v) is 33.0. The molecule has 0 radical (unpaired) electrons. The molecule has 4 amide bonds. The van der Waals surface area contributed by atoms with Gasteiger partial charge in [0.2, 0.25) is 15.9 Å². The Morgan fingerprint density at radius 1 is 0.417 bits per heavy atom. The number of carbonyl (C=O) groups is 3. The number of hydrogen-bond donors (Lipinski definition) is 9. The molecule has 23 nitrogen and oxygen atoms in total. The summed E-state index contributed by atoms with van der Waals surface area (Å²) in [7, 11) is -1.96. The average molecular weight is 1410 g/mol. The lowest BCUT2D eigenvalue weighted by Gasteiger charge is -2.31. The lowest BCUT2D eigenvalue weighted by atomic mass is 9.82. The van der Waals surface area contributed by atoms with Crippen molar-refractivity contribution in [3.8, 4) is 0 Å². The summed E-state index contributed by atoms with van der Waals surface area (Å²) in [6, 6.07) is 16.5. The topological polar surface area (TPSA) is 321 Å². The predicted molar refractivity (Wildman–Crippen MR) is 403 cm³/mol. The number of pyridine rings is 4. The van der Waals surface area contributed by atoms with Crippen LogP contribution in [-0.4, -0.2) is 107 Å². The van der Waals surface area contributed by atoms with Crippen LogP contribution in [0.25, 0.3) is 87.2 Å². The molecule has 0 spiro atoms. The van der Waals surface area contributed by atoms with Gasteiger partial charge in [-0.1, -0.05) is 0 Å². The minimum absolute atomic E-state index is 0.0979. The highest BCUT2D eigenvalue weighted by Crippen LogP contribution is 2.43. The van der Waals surface area contributed by atoms with E-state index >= 15 is 0 Å². The summed E-state index contributed by atoms with van der Waals surface area (Å²) in [5.74, 6) is 0.378. The normalized spacial score (nSPS) is 16.2. The number of nitrogens with one attached hydrogen (secondary N) is 9. The van der Waals surface area contributed by atoms with Crippen molar-refractivity contribution in [2.24, 2.45) is 5.92 Å². The molecule has 0 atom stereocenters. The predicted octanol–water partition coefficient (Wildman–Crippen LogP) is 13.8. The minimum Gasteiger partial charge on any atom is -0.453 e. The van der Waals surface area contributed by atoms with Crippen molar-refractivity contribution in [2.45, 2.75) is 212 Å². The van der Waals surface area contributed by atoms with Crippen molar-refractivity contribution in [2.75, 3.05) is 13.4 Å². The van der Waals surface area contributed by atoms with E-state index in [1.165, 1.54) is 106 Å². The first-order valence-corrected chi connectivity index (χ1v) is 38.6. The van der Waals surface area contributed by atoms with Crippen LogP contribution in [0.4, 0.5) is 9.59 Å². The number of ether oxygens (including phenoxy) is 1. The summed E-state index contributed by atoms with van der Waals surface area (Å²) in [6.07, 6.45) is 29.9. The van der Waals surface area contributed by atoms with Crippen molar-refractivity contribution in [3.63, 3.8) is 0 Å². The number of sulfonamides is 1. The van der Waals surface area contributed by atoms with Crippen LogP contribution in [0.1, 0.15) is 200 Å². The maximum absolute atomic E-state index is 12.4. The molecular weight excluding hydrogens is 1320 g/mol. The Bertz CT molecular complexity index is 5480. The van der Waals surface area contributed by atoms with Gasteiger partial charge in [0.05, 0.1) is 127 Å². The third-order valence-corrected chi connectivity index (χ3v) is 22.6. The molecule has 0 aliphatic heterocycles. The molecule has 18 rings (SSSR count). The molecule has 8 aromatic heterocycles. The van der Waals surface area contributed by atoms with Crippen LogP contribution in [0, 0.1) is 5.92 Å². The summed E-state index contributed by atoms with van der Waals surface area (Å²) in [4.78, 5) is 56.6. The Labute approximate surface area is 598 Å². The number of aryl methyl sites for hydroxylation is 4. The van der Waals surface area contributed by atoms with Gasteiger partial charge in [0.15, 0.2) is 0 Å². The first-order chi connectivity index (χ1) is 49.3. The average Bonchev–Trinajstić information content (AvgIpc) is 1.73. The van der Waals surface area contributed by atoms with Gasteiger partial charge in [-0.3, -0.25) is 45.1 Å². The first-order valence-electron chi connectivity index (χ1n) is 36.7. The van der Waals surface area contributed by atoms with Crippen LogP contribution in [-0.2, 0) is 93.1 Å². The molecule has 0 bridgehead atoms. The zero-order valence-electron chi connectivity index (χ0n) is 60.7. The van der Waals surface area contributed by atoms with Gasteiger partial charge in [-0.05, 0) is 277 Å². The third-order valence-electron chi connectivity index (χ3n) is 21.7. The lowest BCUT2D eigenvalue weighted by molar-refractivity contribution is -0.124. The molecule has 6 aliphatic carbocycles. The minimum atomic E-state index is -3.34. The number of fused-ring (bicyclic) bond motifs is 20. The largest absolute Gasteiger partial charge is 0.453 e. The second kappa shape index (κ2) is 26.9. The van der Waals surface area contributed by atoms with Gasteiger partial charge in [0.25, 0.3) is 0 Å². The lowest BCUT2D eigenvalue weighted by Crippen LogP contribution is -2.48. The highest BCUT2D eigenvalue weighted by Gasteiger charge is 2.39. The SMILES string of the molecule is CC(C)(NC(=O)C1CC1)c1nc2ccc3[nH]ncc3c2c2c1CCCC2.CC(C)(NC(=O)NC1CC1)c1nc2ccc3[nH]ncc3c2c2c1CCCC2.CC(C)(NS(C)(=O)=O)c1nc2ccc3[nH]ncc3c2c2c1CCCC2.COC(=O)NC(C)(C)c1nc2ccc3[nH]ncc3c2c2c1CCCC2. The van der Waals surface area contributed by atoms with E-state index in [1.54, 1.807) is 0 Å². The Balaban J connectivity index is 0.000000111. The van der Waals surface area contributed by atoms with Gasteiger partial charge in [0.1, 0.15) is 0 Å². The molecular formula is C79H93N17O6S. The summed E-state index contributed by atoms with van der Waals surface area (Å²) in [5.41, 5.74) is 19.9. The number of amides is 4. The highest BCUT2D eigenvalue weighted by atomic mass is 32.2. The number of carbonyl (C=O) groups excluding carboxylic acids is 3. The fourth-order valence-electron chi connectivity index (χ4n) is 16.7. The number of H-pyrrole nitrogens is 4. The molecule has 6 aliphatic rings. The van der Waals surface area contributed by atoms with Crippen LogP contribution in [0.3, 0.4) is 0 Å². The second-order valence-electron chi connectivity index (χ2n) is 31.3. The summed E-state index contributed by atoms with van der Waals surface area (Å²) >= 11 is 0. The van der Waals surface area contributed by atoms with E-state index in [1.807, 2.05) is 88.9 Å². The Morgan fingerprint density at radius 2 is 0.718 bits per heavy atom. The maximum Gasteiger partial charge on any atom is 0.407 e. The summed E-state index contributed by atoms with van der Waals surface area (Å²) in [6.45, 7) is 16.0. The number of rotatable bonds is 11. The number of hydrogen-bond acceptors (Lipinski definition) is 14. The maximum atomic E-state index is 12.4. The van der Waals surface area contributed by atoms with Crippen LogP contribution in [0.2, 0.25) is 0 Å². The van der Waals surface area contributed by atoms with Crippen molar-refractivity contribution in [1.82, 2.24) is 86.7 Å². The van der Waals surface area contributed by atoms with Crippen molar-refractivity contribution in [1.29, 1.82) is 0 Å². The molecule has 24 heteroatoms. The summed E-state index contributed by atoms with van der Waals surface area (Å²) in [5, 5.41) is 50.7. The van der Waals surface area contributed by atoms with E-state index in [0.717, 1.165) is 190 Å². The molecule has 0 unspecified atom stereocenters. The van der Waals surface area contributed by atoms with E-state index in [2.05, 4.69) is 107 Å². The Hall–Kier alpha value is -9.68. The molecule has 103 heavy (non-hydrogen) atoms. The number of urea groups is 1. The number of benzene rings is 4. The van der Waals surface area contributed by atoms with E-state index in [4.69, 9.17) is 24.7 Å². The van der Waals surface area contributed by atoms with Gasteiger partial charge in [-0.15, -0.1) is 0 Å². The summed E-state index contributed by atoms with van der Waals surface area (Å²) < 4.78 is 31.2. The van der Waals surface area contributed by atoms with Crippen molar-refractivity contribution in [3.05, 3.63) is 141 Å². The van der Waals surface area contributed by atoms with Crippen LogP contribution in [0.15, 0.2) is 73.3 Å². The first kappa shape index (κ1) is 69.1. The van der Waals surface area contributed by atoms with Gasteiger partial charge < -0.3 is 26.0 Å². The monoisotopic (exact) mass is 1410 g/mol. The number of methoxy groups -OCH3 is 1. The molecule has 536 valence electrons. The highest BCUT2D eigenvalue weighted by molar-refractivity contribution is 7.88. The molecule has 12 aromatic rings. The Morgan fingerprint density at radius 3 is 1.02 bits per heavy atom. The Kier molecular flexibility index (Phi) is 18.0. The zero-order chi connectivity index (χ0) is 71.9. The molecule has 0 saturated heterocycles. The standard InChI is InChI=1S/C21H25N5O.C21H24N4O.C19H22N4O2.C18H22N4O2S/c1-21(2,25-20(27)23-12-7-8-12)19-14-6-4-3-5-13(14)18-15-11-22-26-16(15)9-10-17(18)24-19;1-21(2,24-20(26)12-7-8-12)19-14-6-4-3-5-13(14)18-15-11-22-25-16(15)9-10-17(18)23-19;1-19(2,22-18(24)25-3)17-12-7-5-4-6-11(12)16-13-10-20-23-14(13)8-9-15(16)21-17;1-18(2,22-25(3,23)24)17-12-7-5-4-6-11(12)16-13-10-19-21-14(13)8-9-15(16)20-17/h9-12H,3-8H2,1-2H3,(H,22,26)(H2,23,25,27);9-12H,3-8H2,1-2H3,(H,22,25)(H,24,26);8-10H,4-7H2,1-3H3,(H,20,23)(H,22,24);8-10,22H,4-7H2,1-3H3,(H,19,21). The van der Waals surface area contributed by atoms with Crippen molar-refractivity contribution < 1.29 is 27.5 Å². The number of alkyl carbamates (subject to hydrolysis) is 1. The van der Waals surface area contributed by atoms with E-state index < -0.39 is 38.3 Å². The van der Waals surface area contributed by atoms with Gasteiger partial charge in [-0.25, -0.2) is 22.7 Å². The van der Waals surface area contributed by atoms with Crippen LogP contribution >= 0.6 is 0 Å².